The molecule has 0 unspecified atom stereocenters. The molecular formula is C27H36N4O6. The van der Waals surface area contributed by atoms with Crippen molar-refractivity contribution in [3.8, 4) is 0 Å². The van der Waals surface area contributed by atoms with Crippen LogP contribution in [0.1, 0.15) is 54.6 Å². The number of nitrogens with zero attached hydrogens (tertiary/aromatic N) is 3. The van der Waals surface area contributed by atoms with Gasteiger partial charge in [0.15, 0.2) is 0 Å². The Balaban J connectivity index is 1.43. The SMILES string of the molecule is O=C(c1ccc(=O)[nH]c1)N1CCCCC2(CCN(Cc3ccccn3)CC2)C(=O)OC[C@@H](O)[C@@H](O)CC1. The summed E-state index contributed by atoms with van der Waals surface area (Å²) in [6.07, 6.45) is 4.23. The zero-order valence-corrected chi connectivity index (χ0v) is 21.1. The van der Waals surface area contributed by atoms with E-state index in [1.165, 1.54) is 18.3 Å². The zero-order valence-electron chi connectivity index (χ0n) is 21.1. The molecule has 4 heterocycles. The summed E-state index contributed by atoms with van der Waals surface area (Å²) in [4.78, 5) is 48.6. The number of aliphatic hydroxyl groups is 2. The van der Waals surface area contributed by atoms with E-state index in [1.54, 1.807) is 11.1 Å². The highest BCUT2D eigenvalue weighted by atomic mass is 16.5. The molecule has 37 heavy (non-hydrogen) atoms. The summed E-state index contributed by atoms with van der Waals surface area (Å²) in [6.45, 7) is 2.57. The van der Waals surface area contributed by atoms with E-state index >= 15 is 0 Å². The Hall–Kier alpha value is -3.08. The van der Waals surface area contributed by atoms with Gasteiger partial charge in [0.25, 0.3) is 5.91 Å². The number of pyridine rings is 2. The van der Waals surface area contributed by atoms with Crippen molar-refractivity contribution in [3.05, 3.63) is 64.3 Å². The summed E-state index contributed by atoms with van der Waals surface area (Å²) in [5.74, 6) is -0.575. The van der Waals surface area contributed by atoms with Gasteiger partial charge in [0.1, 0.15) is 12.7 Å². The Labute approximate surface area is 216 Å². The maximum atomic E-state index is 13.3. The van der Waals surface area contributed by atoms with E-state index < -0.39 is 17.6 Å². The fraction of sp³-hybridized carbons (Fsp3) is 0.556. The van der Waals surface area contributed by atoms with Crippen molar-refractivity contribution in [1.82, 2.24) is 19.8 Å². The average molecular weight is 513 g/mol. The van der Waals surface area contributed by atoms with Crippen LogP contribution in [0, 0.1) is 5.41 Å². The molecule has 2 aliphatic heterocycles. The summed E-state index contributed by atoms with van der Waals surface area (Å²) >= 11 is 0. The number of rotatable bonds is 3. The number of ether oxygens (including phenoxy) is 1. The van der Waals surface area contributed by atoms with E-state index in [1.807, 2.05) is 18.2 Å². The molecule has 0 bridgehead atoms. The lowest BCUT2D eigenvalue weighted by Gasteiger charge is -2.40. The number of carbonyl (C=O) groups excluding carboxylic acids is 2. The first-order valence-electron chi connectivity index (χ1n) is 13.0. The topological polar surface area (TPSA) is 136 Å². The number of nitrogens with one attached hydrogen (secondary N) is 1. The Bertz CT molecular complexity index is 1080. The minimum Gasteiger partial charge on any atom is -0.462 e. The number of hydrogen-bond donors (Lipinski definition) is 3. The Morgan fingerprint density at radius 1 is 1.03 bits per heavy atom. The van der Waals surface area contributed by atoms with Crippen LogP contribution in [0.25, 0.3) is 0 Å². The number of aromatic amines is 1. The quantitative estimate of drug-likeness (QED) is 0.524. The minimum absolute atomic E-state index is 0.140. The fourth-order valence-corrected chi connectivity index (χ4v) is 5.13. The molecule has 0 aliphatic carbocycles. The van der Waals surface area contributed by atoms with Gasteiger partial charge in [0.2, 0.25) is 5.56 Å². The molecule has 2 atom stereocenters. The first-order valence-corrected chi connectivity index (χ1v) is 13.0. The van der Waals surface area contributed by atoms with Crippen molar-refractivity contribution in [2.24, 2.45) is 5.41 Å². The van der Waals surface area contributed by atoms with Gasteiger partial charge >= 0.3 is 5.97 Å². The number of hydrogen-bond acceptors (Lipinski definition) is 8. The largest absolute Gasteiger partial charge is 0.462 e. The van der Waals surface area contributed by atoms with Crippen LogP contribution in [-0.2, 0) is 16.1 Å². The van der Waals surface area contributed by atoms with Crippen LogP contribution in [0.15, 0.2) is 47.5 Å². The molecule has 1 amide bonds. The summed E-state index contributed by atoms with van der Waals surface area (Å²) in [6, 6.07) is 8.63. The number of cyclic esters (lactones) is 1. The first kappa shape index (κ1) is 27.0. The van der Waals surface area contributed by atoms with Gasteiger partial charge in [-0.15, -0.1) is 0 Å². The number of esters is 1. The predicted octanol–water partition coefficient (Wildman–Crippen LogP) is 1.33. The lowest BCUT2D eigenvalue weighted by atomic mass is 9.74. The van der Waals surface area contributed by atoms with E-state index in [0.29, 0.717) is 37.8 Å². The molecule has 2 aliphatic rings. The van der Waals surface area contributed by atoms with E-state index in [0.717, 1.165) is 31.7 Å². The van der Waals surface area contributed by atoms with Crippen LogP contribution in [0.2, 0.25) is 0 Å². The molecular weight excluding hydrogens is 476 g/mol. The van der Waals surface area contributed by atoms with Crippen LogP contribution in [0.4, 0.5) is 0 Å². The molecule has 10 heteroatoms. The number of H-pyrrole nitrogens is 1. The Morgan fingerprint density at radius 2 is 1.84 bits per heavy atom. The van der Waals surface area contributed by atoms with Gasteiger partial charge < -0.3 is 24.8 Å². The third-order valence-corrected chi connectivity index (χ3v) is 7.53. The first-order chi connectivity index (χ1) is 17.9. The molecule has 10 nitrogen and oxygen atoms in total. The molecule has 2 aromatic rings. The number of aromatic nitrogens is 2. The lowest BCUT2D eigenvalue weighted by molar-refractivity contribution is -0.165. The molecule has 0 radical (unpaired) electrons. The maximum Gasteiger partial charge on any atom is 0.312 e. The van der Waals surface area contributed by atoms with E-state index in [2.05, 4.69) is 14.9 Å². The van der Waals surface area contributed by atoms with Crippen molar-refractivity contribution < 1.29 is 24.5 Å². The second-order valence-corrected chi connectivity index (χ2v) is 10.1. The average Bonchev–Trinajstić information content (AvgIpc) is 2.92. The Kier molecular flexibility index (Phi) is 9.07. The molecule has 4 rings (SSSR count). The standard InChI is InChI=1S/C27H36N4O6/c32-22-8-14-31(25(35)20-6-7-24(34)29-17-20)13-4-2-9-27(26(36)37-19-23(22)33)10-15-30(16-11-27)18-21-5-1-3-12-28-21/h1,3,5-7,12,17,22-23,32-33H,2,4,8-11,13-16,18-19H2,(H,29,34)/t22-,23+/m0/s1. The van der Waals surface area contributed by atoms with Crippen molar-refractivity contribution in [2.45, 2.75) is 57.3 Å². The van der Waals surface area contributed by atoms with Gasteiger partial charge in [-0.3, -0.25) is 24.3 Å². The van der Waals surface area contributed by atoms with Crippen molar-refractivity contribution >= 4 is 11.9 Å². The number of piperidine rings is 1. The normalized spacial score (nSPS) is 23.9. The number of aliphatic hydroxyl groups excluding tert-OH is 2. The summed E-state index contributed by atoms with van der Waals surface area (Å²) < 4.78 is 5.55. The van der Waals surface area contributed by atoms with Gasteiger partial charge in [-0.2, -0.15) is 0 Å². The van der Waals surface area contributed by atoms with Crippen molar-refractivity contribution in [2.75, 3.05) is 32.8 Å². The minimum atomic E-state index is -1.24. The highest BCUT2D eigenvalue weighted by Gasteiger charge is 2.42. The smallest absolute Gasteiger partial charge is 0.312 e. The molecule has 2 fully saturated rings. The second-order valence-electron chi connectivity index (χ2n) is 10.1. The van der Waals surface area contributed by atoms with Gasteiger partial charge in [-0.1, -0.05) is 12.5 Å². The molecule has 2 saturated heterocycles. The number of likely N-dealkylation sites (tertiary alicyclic amines) is 1. The maximum absolute atomic E-state index is 13.3. The third kappa shape index (κ3) is 7.03. The van der Waals surface area contributed by atoms with Crippen molar-refractivity contribution in [3.63, 3.8) is 0 Å². The summed E-state index contributed by atoms with van der Waals surface area (Å²) in [5.41, 5.74) is 0.392. The van der Waals surface area contributed by atoms with E-state index in [-0.39, 0.29) is 37.0 Å². The number of carbonyl (C=O) groups is 2. The molecule has 2 aromatic heterocycles. The van der Waals surface area contributed by atoms with Crippen LogP contribution in [0.3, 0.4) is 0 Å². The molecule has 200 valence electrons. The zero-order chi connectivity index (χ0) is 26.3. The highest BCUT2D eigenvalue weighted by molar-refractivity contribution is 5.93. The third-order valence-electron chi connectivity index (χ3n) is 7.53. The highest BCUT2D eigenvalue weighted by Crippen LogP contribution is 2.38. The molecule has 1 spiro atoms. The summed E-state index contributed by atoms with van der Waals surface area (Å²) in [7, 11) is 0. The molecule has 3 N–H and O–H groups in total. The predicted molar refractivity (Wildman–Crippen MR) is 136 cm³/mol. The molecule has 0 saturated carbocycles. The van der Waals surface area contributed by atoms with Crippen LogP contribution < -0.4 is 5.56 Å². The van der Waals surface area contributed by atoms with E-state index in [9.17, 15) is 24.6 Å². The second kappa shape index (κ2) is 12.4. The van der Waals surface area contributed by atoms with Gasteiger partial charge in [0, 0.05) is 38.1 Å². The van der Waals surface area contributed by atoms with Gasteiger partial charge in [-0.25, -0.2) is 0 Å². The van der Waals surface area contributed by atoms with Crippen LogP contribution >= 0.6 is 0 Å². The monoisotopic (exact) mass is 512 g/mol. The van der Waals surface area contributed by atoms with Gasteiger partial charge in [0.05, 0.1) is 22.8 Å². The fourth-order valence-electron chi connectivity index (χ4n) is 5.13. The summed E-state index contributed by atoms with van der Waals surface area (Å²) in [5, 5.41) is 20.9. The van der Waals surface area contributed by atoms with Gasteiger partial charge in [-0.05, 0) is 63.4 Å². The lowest BCUT2D eigenvalue weighted by Crippen LogP contribution is -2.46. The van der Waals surface area contributed by atoms with E-state index in [4.69, 9.17) is 4.74 Å². The van der Waals surface area contributed by atoms with Crippen molar-refractivity contribution in [1.29, 1.82) is 0 Å². The molecule has 0 aromatic carbocycles. The Morgan fingerprint density at radius 3 is 2.54 bits per heavy atom. The van der Waals surface area contributed by atoms with Crippen LogP contribution in [0.5, 0.6) is 0 Å². The van der Waals surface area contributed by atoms with Crippen LogP contribution in [-0.4, -0.2) is 86.9 Å². The number of amides is 1.